The molecule has 0 aliphatic heterocycles. The summed E-state index contributed by atoms with van der Waals surface area (Å²) in [5.41, 5.74) is 11.8. The van der Waals surface area contributed by atoms with Crippen molar-refractivity contribution in [2.75, 3.05) is 18.1 Å². The maximum Gasteiger partial charge on any atom is 0.327 e. The second-order valence-corrected chi connectivity index (χ2v) is 7.79. The SMILES string of the molecule is NCCCCC(N)C(=O)NC(CS)C(=O)NC(Cc1cnc[nH]1)C(=O)NC(CS)C(=O)O. The summed E-state index contributed by atoms with van der Waals surface area (Å²) < 4.78 is 0. The van der Waals surface area contributed by atoms with Crippen molar-refractivity contribution < 1.29 is 24.3 Å². The van der Waals surface area contributed by atoms with Crippen LogP contribution in [0.3, 0.4) is 0 Å². The summed E-state index contributed by atoms with van der Waals surface area (Å²) in [6.07, 6.45) is 4.70. The standard InChI is InChI=1S/C18H31N7O5S2/c19-4-2-1-3-11(20)15(26)24-13(7-31)17(28)23-12(5-10-6-21-9-22-10)16(27)25-14(8-32)18(29)30/h6,9,11-14,31-32H,1-5,7-8,19-20H2,(H,21,22)(H,23,28)(H,24,26)(H,25,27)(H,29,30). The zero-order valence-corrected chi connectivity index (χ0v) is 19.3. The molecule has 0 saturated carbocycles. The van der Waals surface area contributed by atoms with E-state index in [0.29, 0.717) is 25.1 Å². The number of aromatic nitrogens is 2. The van der Waals surface area contributed by atoms with E-state index in [1.807, 2.05) is 0 Å². The first-order chi connectivity index (χ1) is 15.2. The van der Waals surface area contributed by atoms with Crippen LogP contribution in [0.4, 0.5) is 0 Å². The highest BCUT2D eigenvalue weighted by Gasteiger charge is 2.30. The van der Waals surface area contributed by atoms with E-state index in [0.717, 1.165) is 6.42 Å². The zero-order chi connectivity index (χ0) is 24.1. The maximum atomic E-state index is 12.8. The number of H-pyrrole nitrogens is 1. The Morgan fingerprint density at radius 2 is 1.59 bits per heavy atom. The van der Waals surface area contributed by atoms with Crippen LogP contribution in [0.15, 0.2) is 12.5 Å². The molecule has 1 rings (SSSR count). The Labute approximate surface area is 196 Å². The van der Waals surface area contributed by atoms with Gasteiger partial charge < -0.3 is 37.5 Å². The molecule has 0 aliphatic rings. The number of unbranched alkanes of at least 4 members (excludes halogenated alkanes) is 1. The number of carbonyl (C=O) groups is 4. The monoisotopic (exact) mass is 489 g/mol. The fraction of sp³-hybridized carbons (Fsp3) is 0.611. The Balaban J connectivity index is 2.84. The van der Waals surface area contributed by atoms with Crippen molar-refractivity contribution in [2.24, 2.45) is 11.5 Å². The van der Waals surface area contributed by atoms with Crippen LogP contribution >= 0.6 is 25.3 Å². The minimum absolute atomic E-state index is 0.0162. The fourth-order valence-corrected chi connectivity index (χ4v) is 3.17. The Bertz CT molecular complexity index is 750. The van der Waals surface area contributed by atoms with E-state index >= 15 is 0 Å². The van der Waals surface area contributed by atoms with Crippen LogP contribution in [-0.2, 0) is 25.6 Å². The van der Waals surface area contributed by atoms with E-state index in [9.17, 15) is 19.2 Å². The van der Waals surface area contributed by atoms with E-state index in [1.54, 1.807) is 0 Å². The summed E-state index contributed by atoms with van der Waals surface area (Å²) >= 11 is 8.02. The number of aromatic amines is 1. The van der Waals surface area contributed by atoms with Crippen LogP contribution in [0.25, 0.3) is 0 Å². The van der Waals surface area contributed by atoms with E-state index in [4.69, 9.17) is 16.6 Å². The molecule has 3 amide bonds. The lowest BCUT2D eigenvalue weighted by atomic mass is 10.1. The second-order valence-electron chi connectivity index (χ2n) is 7.06. The molecule has 1 aromatic rings. The number of carbonyl (C=O) groups excluding carboxylic acids is 3. The number of nitrogens with zero attached hydrogens (tertiary/aromatic N) is 1. The number of nitrogens with two attached hydrogens (primary N) is 2. The Morgan fingerprint density at radius 3 is 2.12 bits per heavy atom. The molecule has 32 heavy (non-hydrogen) atoms. The second kappa shape index (κ2) is 14.7. The first kappa shape index (κ1) is 27.7. The summed E-state index contributed by atoms with van der Waals surface area (Å²) in [5, 5.41) is 16.5. The van der Waals surface area contributed by atoms with Gasteiger partial charge in [-0.15, -0.1) is 0 Å². The molecule has 4 atom stereocenters. The van der Waals surface area contributed by atoms with E-state index < -0.39 is 47.9 Å². The number of imidazole rings is 1. The molecule has 12 nitrogen and oxygen atoms in total. The highest BCUT2D eigenvalue weighted by atomic mass is 32.1. The Hall–Kier alpha value is -2.29. The van der Waals surface area contributed by atoms with Crippen LogP contribution in [0.5, 0.6) is 0 Å². The topological polar surface area (TPSA) is 205 Å². The number of rotatable bonds is 15. The van der Waals surface area contributed by atoms with Gasteiger partial charge in [0.1, 0.15) is 18.1 Å². The van der Waals surface area contributed by atoms with E-state index in [2.05, 4.69) is 51.2 Å². The van der Waals surface area contributed by atoms with Crippen molar-refractivity contribution in [3.8, 4) is 0 Å². The van der Waals surface area contributed by atoms with Gasteiger partial charge in [-0.25, -0.2) is 9.78 Å². The molecule has 1 aromatic heterocycles. The van der Waals surface area contributed by atoms with Crippen LogP contribution in [0.1, 0.15) is 25.0 Å². The predicted octanol–water partition coefficient (Wildman–Crippen LogP) is -2.19. The van der Waals surface area contributed by atoms with E-state index in [1.165, 1.54) is 12.5 Å². The molecule has 9 N–H and O–H groups in total. The molecule has 0 aliphatic carbocycles. The molecule has 0 spiro atoms. The van der Waals surface area contributed by atoms with Gasteiger partial charge in [-0.1, -0.05) is 6.42 Å². The van der Waals surface area contributed by atoms with Gasteiger partial charge in [0.15, 0.2) is 0 Å². The summed E-state index contributed by atoms with van der Waals surface area (Å²) in [4.78, 5) is 55.6. The summed E-state index contributed by atoms with van der Waals surface area (Å²) in [6, 6.07) is -4.24. The third kappa shape index (κ3) is 9.46. The lowest BCUT2D eigenvalue weighted by Crippen LogP contribution is -2.58. The molecule has 0 saturated heterocycles. The van der Waals surface area contributed by atoms with Crippen LogP contribution in [0, 0.1) is 0 Å². The molecule has 0 radical (unpaired) electrons. The number of amides is 3. The quantitative estimate of drug-likeness (QED) is 0.0974. The number of carboxylic acid groups (broad SMARTS) is 1. The lowest BCUT2D eigenvalue weighted by Gasteiger charge is -2.24. The third-order valence-electron chi connectivity index (χ3n) is 4.53. The molecule has 0 aromatic carbocycles. The largest absolute Gasteiger partial charge is 0.480 e. The van der Waals surface area contributed by atoms with Gasteiger partial charge >= 0.3 is 5.97 Å². The molecular formula is C18H31N7O5S2. The van der Waals surface area contributed by atoms with Crippen LogP contribution in [-0.4, -0.2) is 81.0 Å². The normalized spacial score (nSPS) is 14.6. The zero-order valence-electron chi connectivity index (χ0n) is 17.5. The number of carboxylic acids is 1. The lowest BCUT2D eigenvalue weighted by molar-refractivity contribution is -0.141. The summed E-state index contributed by atoms with van der Waals surface area (Å²) in [6.45, 7) is 0.492. The van der Waals surface area contributed by atoms with Gasteiger partial charge in [-0.3, -0.25) is 14.4 Å². The predicted molar refractivity (Wildman–Crippen MR) is 124 cm³/mol. The first-order valence-electron chi connectivity index (χ1n) is 10.0. The van der Waals surface area contributed by atoms with Gasteiger partial charge in [0.25, 0.3) is 0 Å². The van der Waals surface area contributed by atoms with Crippen molar-refractivity contribution in [1.82, 2.24) is 25.9 Å². The van der Waals surface area contributed by atoms with E-state index in [-0.39, 0.29) is 17.9 Å². The van der Waals surface area contributed by atoms with Gasteiger partial charge in [-0.2, -0.15) is 25.3 Å². The molecule has 1 heterocycles. The van der Waals surface area contributed by atoms with Crippen molar-refractivity contribution in [2.45, 2.75) is 49.9 Å². The van der Waals surface area contributed by atoms with Gasteiger partial charge in [0.05, 0.1) is 12.4 Å². The minimum atomic E-state index is -1.26. The molecular weight excluding hydrogens is 458 g/mol. The molecule has 180 valence electrons. The summed E-state index contributed by atoms with van der Waals surface area (Å²) in [5.74, 6) is -3.35. The fourth-order valence-electron chi connectivity index (χ4n) is 2.67. The molecule has 0 fully saturated rings. The van der Waals surface area contributed by atoms with Gasteiger partial charge in [-0.05, 0) is 19.4 Å². The van der Waals surface area contributed by atoms with Crippen molar-refractivity contribution in [3.63, 3.8) is 0 Å². The smallest absolute Gasteiger partial charge is 0.327 e. The Kier molecular flexibility index (Phi) is 12.8. The van der Waals surface area contributed by atoms with Crippen molar-refractivity contribution in [1.29, 1.82) is 0 Å². The first-order valence-corrected chi connectivity index (χ1v) is 11.3. The highest BCUT2D eigenvalue weighted by Crippen LogP contribution is 2.03. The average Bonchev–Trinajstić information content (AvgIpc) is 3.27. The average molecular weight is 490 g/mol. The van der Waals surface area contributed by atoms with Crippen LogP contribution in [0.2, 0.25) is 0 Å². The van der Waals surface area contributed by atoms with Gasteiger partial charge in [0, 0.05) is 29.8 Å². The number of aliphatic carboxylic acids is 1. The number of nitrogens with one attached hydrogen (secondary N) is 4. The van der Waals surface area contributed by atoms with Crippen molar-refractivity contribution in [3.05, 3.63) is 18.2 Å². The molecule has 0 bridgehead atoms. The summed E-state index contributed by atoms with van der Waals surface area (Å²) in [7, 11) is 0. The highest BCUT2D eigenvalue weighted by molar-refractivity contribution is 7.80. The molecule has 14 heteroatoms. The maximum absolute atomic E-state index is 12.8. The number of hydrogen-bond donors (Lipinski definition) is 9. The number of hydrogen-bond acceptors (Lipinski definition) is 9. The van der Waals surface area contributed by atoms with Gasteiger partial charge in [0.2, 0.25) is 17.7 Å². The third-order valence-corrected chi connectivity index (χ3v) is 5.26. The number of thiol groups is 2. The molecule has 4 unspecified atom stereocenters. The Morgan fingerprint density at radius 1 is 1.00 bits per heavy atom. The minimum Gasteiger partial charge on any atom is -0.480 e. The van der Waals surface area contributed by atoms with Crippen LogP contribution < -0.4 is 27.4 Å². The van der Waals surface area contributed by atoms with Crippen molar-refractivity contribution >= 4 is 48.9 Å².